The fraction of sp³-hybridized carbons (Fsp3) is 0.400. The molecular weight excluding hydrogens is 349 g/mol. The van der Waals surface area contributed by atoms with Crippen LogP contribution < -0.4 is 5.32 Å². The lowest BCUT2D eigenvalue weighted by Crippen LogP contribution is -2.20. The van der Waals surface area contributed by atoms with Gasteiger partial charge in [0.05, 0.1) is 27.2 Å². The molecule has 1 aromatic carbocycles. The van der Waals surface area contributed by atoms with Crippen LogP contribution in [0.1, 0.15) is 6.42 Å². The highest BCUT2D eigenvalue weighted by Crippen LogP contribution is 2.36. The molecule has 1 N–H and O–H groups in total. The summed E-state index contributed by atoms with van der Waals surface area (Å²) < 4.78 is 23.4. The van der Waals surface area contributed by atoms with Crippen molar-refractivity contribution in [1.82, 2.24) is 0 Å². The van der Waals surface area contributed by atoms with Crippen LogP contribution in [0.5, 0.6) is 0 Å². The van der Waals surface area contributed by atoms with Gasteiger partial charge in [0.25, 0.3) is 0 Å². The van der Waals surface area contributed by atoms with Gasteiger partial charge in [-0.25, -0.2) is 8.42 Å². The van der Waals surface area contributed by atoms with Crippen LogP contribution >= 0.6 is 39.1 Å². The number of hydrogen-bond donors (Lipinski definition) is 1. The first-order chi connectivity index (χ1) is 7.89. The molecule has 0 saturated carbocycles. The summed E-state index contributed by atoms with van der Waals surface area (Å²) in [6, 6.07) is 3.47. The molecule has 1 atom stereocenters. The molecule has 94 valence electrons. The molecule has 1 unspecified atom stereocenters. The summed E-state index contributed by atoms with van der Waals surface area (Å²) in [5, 5.41) is 3.95. The van der Waals surface area contributed by atoms with Gasteiger partial charge in [0.2, 0.25) is 0 Å². The Balaban J connectivity index is 2.18. The van der Waals surface area contributed by atoms with Gasteiger partial charge in [-0.1, -0.05) is 23.2 Å². The van der Waals surface area contributed by atoms with E-state index in [0.29, 0.717) is 26.6 Å². The van der Waals surface area contributed by atoms with E-state index in [2.05, 4.69) is 21.2 Å². The van der Waals surface area contributed by atoms with Crippen molar-refractivity contribution in [3.8, 4) is 0 Å². The van der Waals surface area contributed by atoms with Gasteiger partial charge in [-0.3, -0.25) is 0 Å². The predicted octanol–water partition coefficient (Wildman–Crippen LogP) is 3.35. The molecule has 17 heavy (non-hydrogen) atoms. The maximum atomic E-state index is 11.3. The molecule has 1 saturated heterocycles. The Kier molecular flexibility index (Phi) is 3.92. The van der Waals surface area contributed by atoms with E-state index >= 15 is 0 Å². The number of sulfone groups is 1. The smallest absolute Gasteiger partial charge is 0.152 e. The van der Waals surface area contributed by atoms with Crippen LogP contribution in [-0.4, -0.2) is 26.0 Å². The average Bonchev–Trinajstić information content (AvgIpc) is 2.59. The van der Waals surface area contributed by atoms with Gasteiger partial charge in [-0.15, -0.1) is 0 Å². The zero-order valence-corrected chi connectivity index (χ0v) is 12.6. The fourth-order valence-corrected chi connectivity index (χ4v) is 4.27. The summed E-state index contributed by atoms with van der Waals surface area (Å²) in [6.45, 7) is 0. The van der Waals surface area contributed by atoms with Gasteiger partial charge in [0, 0.05) is 10.5 Å². The van der Waals surface area contributed by atoms with Crippen molar-refractivity contribution in [2.24, 2.45) is 0 Å². The van der Waals surface area contributed by atoms with E-state index in [4.69, 9.17) is 23.2 Å². The third-order valence-corrected chi connectivity index (χ3v) is 6.17. The minimum atomic E-state index is -2.89. The molecule has 1 fully saturated rings. The molecule has 3 nitrogen and oxygen atoms in total. The average molecular weight is 359 g/mol. The number of hydrogen-bond acceptors (Lipinski definition) is 3. The highest BCUT2D eigenvalue weighted by Gasteiger charge is 2.28. The second-order valence-corrected chi connectivity index (χ2v) is 7.81. The predicted molar refractivity (Wildman–Crippen MR) is 74.8 cm³/mol. The SMILES string of the molecule is O=S1(=O)CCC(Nc2ccc(Br)c(Cl)c2Cl)C1. The van der Waals surface area contributed by atoms with Gasteiger partial charge < -0.3 is 5.32 Å². The molecule has 0 radical (unpaired) electrons. The van der Waals surface area contributed by atoms with E-state index < -0.39 is 9.84 Å². The van der Waals surface area contributed by atoms with Gasteiger partial charge in [-0.05, 0) is 34.5 Å². The summed E-state index contributed by atoms with van der Waals surface area (Å²) in [6.07, 6.45) is 0.604. The van der Waals surface area contributed by atoms with Crippen molar-refractivity contribution in [3.05, 3.63) is 26.7 Å². The first-order valence-electron chi connectivity index (χ1n) is 4.99. The Morgan fingerprint density at radius 1 is 1.29 bits per heavy atom. The summed E-state index contributed by atoms with van der Waals surface area (Å²) in [5.74, 6) is 0.379. The second kappa shape index (κ2) is 4.96. The molecule has 0 aliphatic carbocycles. The molecule has 0 spiro atoms. The second-order valence-electron chi connectivity index (χ2n) is 3.97. The van der Waals surface area contributed by atoms with Crippen LogP contribution in [0.4, 0.5) is 5.69 Å². The third kappa shape index (κ3) is 3.08. The normalized spacial score (nSPS) is 22.6. The highest BCUT2D eigenvalue weighted by molar-refractivity contribution is 9.10. The number of halogens is 3. The van der Waals surface area contributed by atoms with Crippen molar-refractivity contribution in [2.75, 3.05) is 16.8 Å². The lowest BCUT2D eigenvalue weighted by Gasteiger charge is -2.14. The minimum Gasteiger partial charge on any atom is -0.380 e. The maximum Gasteiger partial charge on any atom is 0.152 e. The molecule has 0 amide bonds. The van der Waals surface area contributed by atoms with E-state index in [1.165, 1.54) is 0 Å². The summed E-state index contributed by atoms with van der Waals surface area (Å²) in [7, 11) is -2.89. The molecule has 1 aliphatic rings. The summed E-state index contributed by atoms with van der Waals surface area (Å²) >= 11 is 15.3. The number of benzene rings is 1. The van der Waals surface area contributed by atoms with Crippen LogP contribution in [0.3, 0.4) is 0 Å². The Bertz CT molecular complexity index is 547. The number of anilines is 1. The molecule has 0 aromatic heterocycles. The van der Waals surface area contributed by atoms with E-state index in [1.807, 2.05) is 0 Å². The van der Waals surface area contributed by atoms with Crippen molar-refractivity contribution in [1.29, 1.82) is 0 Å². The van der Waals surface area contributed by atoms with E-state index in [9.17, 15) is 8.42 Å². The molecule has 1 aliphatic heterocycles. The standard InChI is InChI=1S/C10H10BrCl2NO2S/c11-7-1-2-8(10(13)9(7)12)14-6-3-4-17(15,16)5-6/h1-2,6,14H,3-5H2. The topological polar surface area (TPSA) is 46.2 Å². The van der Waals surface area contributed by atoms with Crippen molar-refractivity contribution < 1.29 is 8.42 Å². The molecular formula is C10H10BrCl2NO2S. The van der Waals surface area contributed by atoms with Gasteiger partial charge in [0.1, 0.15) is 0 Å². The van der Waals surface area contributed by atoms with Crippen LogP contribution in [0.2, 0.25) is 10.0 Å². The third-order valence-electron chi connectivity index (χ3n) is 2.63. The zero-order valence-electron chi connectivity index (χ0n) is 8.71. The lowest BCUT2D eigenvalue weighted by molar-refractivity contribution is 0.602. The van der Waals surface area contributed by atoms with Crippen LogP contribution in [-0.2, 0) is 9.84 Å². The molecule has 0 bridgehead atoms. The van der Waals surface area contributed by atoms with Crippen LogP contribution in [0, 0.1) is 0 Å². The zero-order chi connectivity index (χ0) is 12.6. The van der Waals surface area contributed by atoms with Gasteiger partial charge >= 0.3 is 0 Å². The molecule has 2 rings (SSSR count). The minimum absolute atomic E-state index is 0.0882. The highest BCUT2D eigenvalue weighted by atomic mass is 79.9. The number of nitrogens with one attached hydrogen (secondary N) is 1. The summed E-state index contributed by atoms with van der Waals surface area (Å²) in [4.78, 5) is 0. The van der Waals surface area contributed by atoms with Crippen molar-refractivity contribution in [3.63, 3.8) is 0 Å². The van der Waals surface area contributed by atoms with Gasteiger partial charge in [0.15, 0.2) is 9.84 Å². The van der Waals surface area contributed by atoms with E-state index in [0.717, 1.165) is 0 Å². The Labute approximate surface area is 119 Å². The van der Waals surface area contributed by atoms with Crippen LogP contribution in [0.15, 0.2) is 16.6 Å². The van der Waals surface area contributed by atoms with Gasteiger partial charge in [-0.2, -0.15) is 0 Å². The monoisotopic (exact) mass is 357 g/mol. The molecule has 1 aromatic rings. The first kappa shape index (κ1) is 13.5. The summed E-state index contributed by atoms with van der Waals surface area (Å²) in [5.41, 5.74) is 0.668. The molecule has 7 heteroatoms. The maximum absolute atomic E-state index is 11.3. The fourth-order valence-electron chi connectivity index (χ4n) is 1.77. The van der Waals surface area contributed by atoms with Crippen molar-refractivity contribution >= 4 is 54.7 Å². The number of rotatable bonds is 2. The Morgan fingerprint density at radius 2 is 2.00 bits per heavy atom. The first-order valence-corrected chi connectivity index (χ1v) is 8.36. The molecule has 1 heterocycles. The largest absolute Gasteiger partial charge is 0.380 e. The Hall–Kier alpha value is 0.0300. The van der Waals surface area contributed by atoms with E-state index in [-0.39, 0.29) is 17.5 Å². The lowest BCUT2D eigenvalue weighted by atomic mass is 10.2. The van der Waals surface area contributed by atoms with E-state index in [1.54, 1.807) is 12.1 Å². The quantitative estimate of drug-likeness (QED) is 0.824. The van der Waals surface area contributed by atoms with Crippen LogP contribution in [0.25, 0.3) is 0 Å². The Morgan fingerprint density at radius 3 is 2.59 bits per heavy atom. The van der Waals surface area contributed by atoms with Crippen molar-refractivity contribution in [2.45, 2.75) is 12.5 Å².